The molecule has 210 valence electrons. The van der Waals surface area contributed by atoms with Gasteiger partial charge in [-0.25, -0.2) is 0 Å². The first-order chi connectivity index (χ1) is 18.3. The van der Waals surface area contributed by atoms with Crippen molar-refractivity contribution in [2.24, 2.45) is 0 Å². The maximum atomic E-state index is 1.60. The predicted octanol–water partition coefficient (Wildman–Crippen LogP) is 11.0. The average molecular weight is 506 g/mol. The molecular weight excluding hydrogens is 441 g/mol. The molecule has 0 spiro atoms. The molecule has 0 amide bonds. The van der Waals surface area contributed by atoms with Gasteiger partial charge in [0.25, 0.3) is 0 Å². The van der Waals surface area contributed by atoms with E-state index >= 15 is 0 Å². The first-order valence-electron chi connectivity index (χ1n) is 18.3. The standard InChI is InChI=1S/C34H65B3/c1-4-10-17-29(18-11-5-1)35-32-23-16-24-33(36-30-19-12-6-2-7-13-20-30)26-28-34(27-25-32)37-31-21-14-8-3-9-15-22-31/h29-37H,1-28H2. The van der Waals surface area contributed by atoms with Crippen molar-refractivity contribution in [1.82, 2.24) is 0 Å². The first kappa shape index (κ1) is 30.2. The molecule has 0 nitrogen and oxygen atoms in total. The summed E-state index contributed by atoms with van der Waals surface area (Å²) in [5, 5.41) is 0. The molecule has 0 saturated heterocycles. The summed E-state index contributed by atoms with van der Waals surface area (Å²) in [6.45, 7) is 0. The Balaban J connectivity index is 1.35. The van der Waals surface area contributed by atoms with Gasteiger partial charge in [0.2, 0.25) is 0 Å². The van der Waals surface area contributed by atoms with Crippen LogP contribution in [0.1, 0.15) is 180 Å². The highest BCUT2D eigenvalue weighted by atomic mass is 14.2. The third-order valence-corrected chi connectivity index (χ3v) is 11.9. The second-order valence-corrected chi connectivity index (χ2v) is 15.0. The lowest BCUT2D eigenvalue weighted by molar-refractivity contribution is 0.464. The van der Waals surface area contributed by atoms with Crippen LogP contribution in [0.3, 0.4) is 0 Å². The van der Waals surface area contributed by atoms with E-state index in [1.54, 1.807) is 105 Å². The second-order valence-electron chi connectivity index (χ2n) is 15.0. The normalized spacial score (nSPS) is 31.9. The van der Waals surface area contributed by atoms with E-state index in [0.29, 0.717) is 0 Å². The lowest BCUT2D eigenvalue weighted by Gasteiger charge is -2.31. The van der Waals surface area contributed by atoms with Crippen LogP contribution < -0.4 is 0 Å². The Morgan fingerprint density at radius 3 is 0.676 bits per heavy atom. The van der Waals surface area contributed by atoms with Crippen molar-refractivity contribution >= 4 is 21.8 Å². The van der Waals surface area contributed by atoms with E-state index in [-0.39, 0.29) is 0 Å². The van der Waals surface area contributed by atoms with Crippen molar-refractivity contribution in [2.75, 3.05) is 0 Å². The van der Waals surface area contributed by atoms with E-state index in [2.05, 4.69) is 0 Å². The minimum atomic E-state index is 1.06. The molecule has 4 saturated carbocycles. The van der Waals surface area contributed by atoms with Crippen molar-refractivity contribution in [3.05, 3.63) is 0 Å². The summed E-state index contributed by atoms with van der Waals surface area (Å²) in [6.07, 6.45) is 43.3. The van der Waals surface area contributed by atoms with Crippen LogP contribution in [0.5, 0.6) is 0 Å². The van der Waals surface area contributed by atoms with Gasteiger partial charge in [-0.05, 0) is 0 Å². The minimum Gasteiger partial charge on any atom is -0.0655 e. The van der Waals surface area contributed by atoms with Crippen molar-refractivity contribution < 1.29 is 0 Å². The number of hydrogen-bond acceptors (Lipinski definition) is 0. The van der Waals surface area contributed by atoms with Gasteiger partial charge in [0.05, 0.1) is 0 Å². The summed E-state index contributed by atoms with van der Waals surface area (Å²) in [5.41, 5.74) is 0. The summed E-state index contributed by atoms with van der Waals surface area (Å²) in [5.74, 6) is 6.39. The zero-order valence-electron chi connectivity index (χ0n) is 25.4. The minimum absolute atomic E-state index is 1.06. The van der Waals surface area contributed by atoms with Crippen LogP contribution in [0.2, 0.25) is 34.9 Å². The van der Waals surface area contributed by atoms with E-state index in [9.17, 15) is 0 Å². The Bertz CT molecular complexity index is 505. The van der Waals surface area contributed by atoms with Crippen LogP contribution in [-0.4, -0.2) is 21.8 Å². The van der Waals surface area contributed by atoms with Crippen LogP contribution in [0.4, 0.5) is 0 Å². The third-order valence-electron chi connectivity index (χ3n) is 11.9. The molecule has 37 heavy (non-hydrogen) atoms. The van der Waals surface area contributed by atoms with E-state index in [4.69, 9.17) is 0 Å². The molecule has 2 atom stereocenters. The van der Waals surface area contributed by atoms with Gasteiger partial charge in [0.15, 0.2) is 0 Å². The van der Waals surface area contributed by atoms with Crippen molar-refractivity contribution in [3.8, 4) is 0 Å². The summed E-state index contributed by atoms with van der Waals surface area (Å²) in [6, 6.07) is 0. The van der Waals surface area contributed by atoms with Crippen molar-refractivity contribution in [2.45, 2.75) is 215 Å². The SMILES string of the molecule is B(C1CCCCCCC1)C1CCCC(BC2CCCCCCC2)CCC(BC2CCCCCCC2)CC1. The summed E-state index contributed by atoms with van der Waals surface area (Å²) < 4.78 is 0. The topological polar surface area (TPSA) is 0 Å². The predicted molar refractivity (Wildman–Crippen MR) is 173 cm³/mol. The van der Waals surface area contributed by atoms with E-state index in [0.717, 1.165) is 34.9 Å². The van der Waals surface area contributed by atoms with Gasteiger partial charge in [-0.3, -0.25) is 0 Å². The van der Waals surface area contributed by atoms with Crippen LogP contribution in [0.25, 0.3) is 0 Å². The van der Waals surface area contributed by atoms with Crippen molar-refractivity contribution in [1.29, 1.82) is 0 Å². The largest absolute Gasteiger partial charge is 0.127 e. The Morgan fingerprint density at radius 2 is 0.378 bits per heavy atom. The van der Waals surface area contributed by atoms with Gasteiger partial charge in [-0.1, -0.05) is 215 Å². The maximum absolute atomic E-state index is 1.60. The zero-order chi connectivity index (χ0) is 25.4. The Hall–Kier alpha value is 0.195. The highest BCUT2D eigenvalue weighted by Gasteiger charge is 2.27. The van der Waals surface area contributed by atoms with Crippen LogP contribution in [0, 0.1) is 0 Å². The first-order valence-corrected chi connectivity index (χ1v) is 18.3. The quantitative estimate of drug-likeness (QED) is 0.315. The molecule has 4 rings (SSSR count). The van der Waals surface area contributed by atoms with Gasteiger partial charge in [0, 0.05) is 0 Å². The molecule has 0 bridgehead atoms. The summed E-state index contributed by atoms with van der Waals surface area (Å²) in [7, 11) is 4.80. The monoisotopic (exact) mass is 507 g/mol. The molecule has 4 aliphatic rings. The molecule has 0 aromatic rings. The maximum Gasteiger partial charge on any atom is 0.127 e. The molecule has 0 N–H and O–H groups in total. The van der Waals surface area contributed by atoms with Gasteiger partial charge in [-0.2, -0.15) is 0 Å². The fourth-order valence-electron chi connectivity index (χ4n) is 9.52. The third kappa shape index (κ3) is 12.5. The van der Waals surface area contributed by atoms with Gasteiger partial charge < -0.3 is 0 Å². The number of hydrogen-bond donors (Lipinski definition) is 0. The molecule has 0 aromatic carbocycles. The van der Waals surface area contributed by atoms with Crippen molar-refractivity contribution in [3.63, 3.8) is 0 Å². The molecule has 4 fully saturated rings. The molecule has 2 unspecified atom stereocenters. The Morgan fingerprint density at radius 1 is 0.189 bits per heavy atom. The molecule has 3 heteroatoms. The molecule has 0 aliphatic heterocycles. The molecular formula is C34H65B3. The summed E-state index contributed by atoms with van der Waals surface area (Å²) >= 11 is 0. The smallest absolute Gasteiger partial charge is 0.0655 e. The second kappa shape index (κ2) is 18.5. The number of rotatable bonds is 6. The van der Waals surface area contributed by atoms with Crippen LogP contribution in [-0.2, 0) is 0 Å². The van der Waals surface area contributed by atoms with Gasteiger partial charge in [-0.15, -0.1) is 0 Å². The van der Waals surface area contributed by atoms with E-state index in [1.807, 2.05) is 0 Å². The van der Waals surface area contributed by atoms with Gasteiger partial charge >= 0.3 is 0 Å². The van der Waals surface area contributed by atoms with E-state index < -0.39 is 0 Å². The lowest BCUT2D eigenvalue weighted by Crippen LogP contribution is -2.20. The fourth-order valence-corrected chi connectivity index (χ4v) is 9.52. The molecule has 0 radical (unpaired) electrons. The highest BCUT2D eigenvalue weighted by Crippen LogP contribution is 2.41. The molecule has 0 heterocycles. The fraction of sp³-hybridized carbons (Fsp3) is 1.00. The van der Waals surface area contributed by atoms with E-state index in [1.165, 1.54) is 96.3 Å². The Labute approximate surface area is 236 Å². The zero-order valence-corrected chi connectivity index (χ0v) is 25.4. The molecule has 4 aliphatic carbocycles. The van der Waals surface area contributed by atoms with Crippen LogP contribution in [0.15, 0.2) is 0 Å². The summed E-state index contributed by atoms with van der Waals surface area (Å²) in [4.78, 5) is 0. The van der Waals surface area contributed by atoms with Gasteiger partial charge in [0.1, 0.15) is 21.8 Å². The highest BCUT2D eigenvalue weighted by molar-refractivity contribution is 6.41. The lowest BCUT2D eigenvalue weighted by atomic mass is 9.44. The van der Waals surface area contributed by atoms with Crippen LogP contribution >= 0.6 is 0 Å². The average Bonchev–Trinajstić information content (AvgIpc) is 2.84. The molecule has 0 aromatic heterocycles. The Kier molecular flexibility index (Phi) is 15.1.